The maximum atomic E-state index is 13.5. The molecule has 2 aromatic carbocycles. The molecule has 0 heterocycles. The SMILES string of the molecule is C#Cc1cccc(NC(=O)CNC(=NC)NCC(C)(C)c2cccc(F)c2)c1. The van der Waals surface area contributed by atoms with Crippen LogP contribution >= 0.6 is 0 Å². The second-order valence-corrected chi connectivity index (χ2v) is 6.95. The van der Waals surface area contributed by atoms with Crippen LogP contribution in [0.1, 0.15) is 25.0 Å². The van der Waals surface area contributed by atoms with Crippen LogP contribution in [0.3, 0.4) is 0 Å². The van der Waals surface area contributed by atoms with Crippen LogP contribution in [-0.4, -0.2) is 32.0 Å². The molecule has 0 aliphatic rings. The van der Waals surface area contributed by atoms with Crippen LogP contribution in [0, 0.1) is 18.2 Å². The first-order chi connectivity index (χ1) is 13.3. The summed E-state index contributed by atoms with van der Waals surface area (Å²) in [6.07, 6.45) is 5.36. The Kier molecular flexibility index (Phi) is 7.16. The normalized spacial score (nSPS) is 11.5. The molecule has 3 N–H and O–H groups in total. The zero-order valence-electron chi connectivity index (χ0n) is 16.3. The largest absolute Gasteiger partial charge is 0.356 e. The van der Waals surface area contributed by atoms with E-state index in [1.165, 1.54) is 12.1 Å². The van der Waals surface area contributed by atoms with Crippen molar-refractivity contribution in [2.24, 2.45) is 4.99 Å². The van der Waals surface area contributed by atoms with Gasteiger partial charge in [0.15, 0.2) is 5.96 Å². The highest BCUT2D eigenvalue weighted by Gasteiger charge is 2.21. The molecule has 0 saturated carbocycles. The van der Waals surface area contributed by atoms with E-state index in [4.69, 9.17) is 6.42 Å². The highest BCUT2D eigenvalue weighted by atomic mass is 19.1. The summed E-state index contributed by atoms with van der Waals surface area (Å²) in [7, 11) is 1.62. The fourth-order valence-corrected chi connectivity index (χ4v) is 2.59. The van der Waals surface area contributed by atoms with Crippen molar-refractivity contribution in [3.63, 3.8) is 0 Å². The van der Waals surface area contributed by atoms with E-state index in [0.717, 1.165) is 5.56 Å². The van der Waals surface area contributed by atoms with Crippen LogP contribution < -0.4 is 16.0 Å². The van der Waals surface area contributed by atoms with E-state index in [1.807, 2.05) is 19.9 Å². The molecule has 0 aliphatic carbocycles. The Morgan fingerprint density at radius 3 is 2.61 bits per heavy atom. The Labute approximate surface area is 165 Å². The molecular weight excluding hydrogens is 355 g/mol. The minimum Gasteiger partial charge on any atom is -0.356 e. The van der Waals surface area contributed by atoms with Crippen molar-refractivity contribution >= 4 is 17.6 Å². The molecule has 0 spiro atoms. The Morgan fingerprint density at radius 2 is 1.93 bits per heavy atom. The molecule has 0 atom stereocenters. The number of halogens is 1. The summed E-state index contributed by atoms with van der Waals surface area (Å²) in [4.78, 5) is 16.3. The zero-order valence-corrected chi connectivity index (χ0v) is 16.3. The number of rotatable bonds is 6. The summed E-state index contributed by atoms with van der Waals surface area (Å²) in [5.74, 6) is 2.53. The third kappa shape index (κ3) is 6.13. The third-order valence-corrected chi connectivity index (χ3v) is 4.26. The molecule has 1 amide bonds. The number of guanidine groups is 1. The van der Waals surface area contributed by atoms with E-state index >= 15 is 0 Å². The monoisotopic (exact) mass is 380 g/mol. The first-order valence-electron chi connectivity index (χ1n) is 8.91. The molecule has 0 radical (unpaired) electrons. The number of nitrogens with one attached hydrogen (secondary N) is 3. The second kappa shape index (κ2) is 9.56. The van der Waals surface area contributed by atoms with Gasteiger partial charge in [0, 0.05) is 30.3 Å². The fourth-order valence-electron chi connectivity index (χ4n) is 2.59. The predicted molar refractivity (Wildman–Crippen MR) is 112 cm³/mol. The van der Waals surface area contributed by atoms with E-state index < -0.39 is 0 Å². The Morgan fingerprint density at radius 1 is 1.18 bits per heavy atom. The van der Waals surface area contributed by atoms with Gasteiger partial charge in [-0.25, -0.2) is 4.39 Å². The molecule has 28 heavy (non-hydrogen) atoms. The van der Waals surface area contributed by atoms with Gasteiger partial charge in [0.25, 0.3) is 0 Å². The molecule has 2 aromatic rings. The molecule has 5 nitrogen and oxygen atoms in total. The van der Waals surface area contributed by atoms with Crippen molar-refractivity contribution in [1.82, 2.24) is 10.6 Å². The van der Waals surface area contributed by atoms with Gasteiger partial charge < -0.3 is 16.0 Å². The smallest absolute Gasteiger partial charge is 0.243 e. The number of carbonyl (C=O) groups excluding carboxylic acids is 1. The summed E-state index contributed by atoms with van der Waals surface area (Å²) < 4.78 is 13.5. The number of nitrogens with zero attached hydrogens (tertiary/aromatic N) is 1. The van der Waals surface area contributed by atoms with Crippen molar-refractivity contribution in [3.8, 4) is 12.3 Å². The van der Waals surface area contributed by atoms with Crippen LogP contribution in [0.15, 0.2) is 53.5 Å². The number of amides is 1. The highest BCUT2D eigenvalue weighted by molar-refractivity contribution is 5.95. The number of hydrogen-bond acceptors (Lipinski definition) is 2. The number of anilines is 1. The van der Waals surface area contributed by atoms with Crippen LogP contribution in [0.4, 0.5) is 10.1 Å². The molecule has 0 fully saturated rings. The van der Waals surface area contributed by atoms with Gasteiger partial charge in [0.1, 0.15) is 5.82 Å². The minimum atomic E-state index is -0.322. The van der Waals surface area contributed by atoms with Crippen molar-refractivity contribution in [3.05, 3.63) is 65.5 Å². The van der Waals surface area contributed by atoms with Gasteiger partial charge in [-0.05, 0) is 35.9 Å². The molecule has 0 aliphatic heterocycles. The average molecular weight is 380 g/mol. The molecule has 6 heteroatoms. The first kappa shape index (κ1) is 21.0. The van der Waals surface area contributed by atoms with Crippen molar-refractivity contribution in [2.75, 3.05) is 25.5 Å². The van der Waals surface area contributed by atoms with Gasteiger partial charge in [0.2, 0.25) is 5.91 Å². The molecular formula is C22H25FN4O. The van der Waals surface area contributed by atoms with Gasteiger partial charge in [-0.2, -0.15) is 0 Å². The number of benzene rings is 2. The van der Waals surface area contributed by atoms with Crippen LogP contribution in [0.2, 0.25) is 0 Å². The lowest BCUT2D eigenvalue weighted by Crippen LogP contribution is -2.45. The lowest BCUT2D eigenvalue weighted by atomic mass is 9.84. The number of carbonyl (C=O) groups is 1. The van der Waals surface area contributed by atoms with E-state index in [9.17, 15) is 9.18 Å². The van der Waals surface area contributed by atoms with Gasteiger partial charge in [-0.3, -0.25) is 9.79 Å². The summed E-state index contributed by atoms with van der Waals surface area (Å²) >= 11 is 0. The second-order valence-electron chi connectivity index (χ2n) is 6.95. The van der Waals surface area contributed by atoms with Crippen LogP contribution in [0.5, 0.6) is 0 Å². The van der Waals surface area contributed by atoms with Crippen molar-refractivity contribution in [1.29, 1.82) is 0 Å². The number of aliphatic imine (C=N–C) groups is 1. The summed E-state index contributed by atoms with van der Waals surface area (Å²) in [6, 6.07) is 13.6. The average Bonchev–Trinajstić information content (AvgIpc) is 2.68. The molecule has 2 rings (SSSR count). The van der Waals surface area contributed by atoms with E-state index in [-0.39, 0.29) is 23.7 Å². The van der Waals surface area contributed by atoms with Crippen molar-refractivity contribution < 1.29 is 9.18 Å². The minimum absolute atomic E-state index is 0.0420. The summed E-state index contributed by atoms with van der Waals surface area (Å²) in [5.41, 5.74) is 1.89. The predicted octanol–water partition coefficient (Wildman–Crippen LogP) is 2.89. The van der Waals surface area contributed by atoms with E-state index in [1.54, 1.807) is 37.4 Å². The molecule has 0 saturated heterocycles. The summed E-state index contributed by atoms with van der Waals surface area (Å²) in [6.45, 7) is 4.57. The molecule has 0 aromatic heterocycles. The summed E-state index contributed by atoms with van der Waals surface area (Å²) in [5, 5.41) is 8.92. The van der Waals surface area contributed by atoms with Crippen molar-refractivity contribution in [2.45, 2.75) is 19.3 Å². The van der Waals surface area contributed by atoms with Gasteiger partial charge in [-0.15, -0.1) is 6.42 Å². The van der Waals surface area contributed by atoms with Crippen LogP contribution in [-0.2, 0) is 10.2 Å². The van der Waals surface area contributed by atoms with E-state index in [0.29, 0.717) is 23.8 Å². The lowest BCUT2D eigenvalue weighted by Gasteiger charge is -2.26. The quantitative estimate of drug-likeness (QED) is 0.410. The topological polar surface area (TPSA) is 65.5 Å². The molecule has 0 unspecified atom stereocenters. The standard InChI is InChI=1S/C22H25FN4O/c1-5-16-8-6-11-19(12-16)27-20(28)14-25-21(24-4)26-15-22(2,3)17-9-7-10-18(23)13-17/h1,6-13H,14-15H2,2-4H3,(H,27,28)(H2,24,25,26). The maximum Gasteiger partial charge on any atom is 0.243 e. The maximum absolute atomic E-state index is 13.5. The number of hydrogen-bond donors (Lipinski definition) is 3. The Hall–Kier alpha value is -3.33. The zero-order chi connectivity index (χ0) is 20.6. The lowest BCUT2D eigenvalue weighted by molar-refractivity contribution is -0.115. The first-order valence-corrected chi connectivity index (χ1v) is 8.91. The van der Waals surface area contributed by atoms with E-state index in [2.05, 4.69) is 26.9 Å². The fraction of sp³-hybridized carbons (Fsp3) is 0.273. The van der Waals surface area contributed by atoms with Gasteiger partial charge in [0.05, 0.1) is 6.54 Å². The molecule has 0 bridgehead atoms. The van der Waals surface area contributed by atoms with Crippen LogP contribution in [0.25, 0.3) is 0 Å². The Balaban J connectivity index is 1.87. The number of terminal acetylenes is 1. The highest BCUT2D eigenvalue weighted by Crippen LogP contribution is 2.22. The molecule has 146 valence electrons. The third-order valence-electron chi connectivity index (χ3n) is 4.26. The Bertz CT molecular complexity index is 899. The van der Waals surface area contributed by atoms with Gasteiger partial charge >= 0.3 is 0 Å². The van der Waals surface area contributed by atoms with Gasteiger partial charge in [-0.1, -0.05) is 38.0 Å².